The van der Waals surface area contributed by atoms with Crippen molar-refractivity contribution >= 4 is 5.97 Å². The van der Waals surface area contributed by atoms with Gasteiger partial charge in [0, 0.05) is 12.6 Å². The first-order chi connectivity index (χ1) is 11.2. The molecular weight excluding hydrogens is 296 g/mol. The molecule has 3 heterocycles. The number of pyridine rings is 1. The Kier molecular flexibility index (Phi) is 4.18. The highest BCUT2D eigenvalue weighted by atomic mass is 16.4. The van der Waals surface area contributed by atoms with E-state index in [4.69, 9.17) is 4.42 Å². The van der Waals surface area contributed by atoms with Gasteiger partial charge in [-0.3, -0.25) is 4.98 Å². The van der Waals surface area contributed by atoms with Crippen LogP contribution in [0.25, 0.3) is 11.4 Å². The molecular formula is C16H16N4O3. The highest BCUT2D eigenvalue weighted by Crippen LogP contribution is 2.19. The normalized spacial score (nSPS) is 12.2. The van der Waals surface area contributed by atoms with Crippen LogP contribution >= 0.6 is 0 Å². The number of rotatable bonds is 6. The second kappa shape index (κ2) is 6.43. The van der Waals surface area contributed by atoms with E-state index in [9.17, 15) is 9.90 Å². The average Bonchev–Trinajstić information content (AvgIpc) is 3.24. The maximum atomic E-state index is 11.5. The van der Waals surface area contributed by atoms with Crippen molar-refractivity contribution in [2.45, 2.75) is 25.8 Å². The van der Waals surface area contributed by atoms with Crippen LogP contribution in [-0.2, 0) is 17.6 Å². The molecule has 1 unspecified atom stereocenters. The fourth-order valence-corrected chi connectivity index (χ4v) is 2.24. The molecule has 0 fully saturated rings. The van der Waals surface area contributed by atoms with Gasteiger partial charge in [0.1, 0.15) is 11.5 Å². The molecule has 118 valence electrons. The Labute approximate surface area is 132 Å². The molecule has 3 rings (SSSR count). The first-order valence-corrected chi connectivity index (χ1v) is 7.29. The number of nitrogens with zero attached hydrogens (tertiary/aromatic N) is 4. The van der Waals surface area contributed by atoms with Gasteiger partial charge in [0.15, 0.2) is 6.04 Å². The number of hydrogen-bond donors (Lipinski definition) is 1. The van der Waals surface area contributed by atoms with Gasteiger partial charge in [0.2, 0.25) is 0 Å². The van der Waals surface area contributed by atoms with Crippen molar-refractivity contribution in [3.63, 3.8) is 0 Å². The molecule has 0 aliphatic rings. The third-order valence-corrected chi connectivity index (χ3v) is 3.58. The fraction of sp³-hybridized carbons (Fsp3) is 0.250. The van der Waals surface area contributed by atoms with Crippen LogP contribution < -0.4 is 0 Å². The van der Waals surface area contributed by atoms with Crippen molar-refractivity contribution < 1.29 is 14.3 Å². The number of carboxylic acids is 1. The minimum absolute atomic E-state index is 0.202. The lowest BCUT2D eigenvalue weighted by atomic mass is 10.1. The molecule has 0 bridgehead atoms. The molecule has 23 heavy (non-hydrogen) atoms. The molecule has 0 aliphatic heterocycles. The Hall–Kier alpha value is -2.96. The van der Waals surface area contributed by atoms with Crippen LogP contribution in [0.1, 0.15) is 24.3 Å². The van der Waals surface area contributed by atoms with Gasteiger partial charge in [-0.15, -0.1) is 5.10 Å². The van der Waals surface area contributed by atoms with Crippen LogP contribution in [0, 0.1) is 0 Å². The summed E-state index contributed by atoms with van der Waals surface area (Å²) in [4.78, 5) is 15.8. The Balaban J connectivity index is 1.84. The number of aliphatic carboxylic acids is 1. The van der Waals surface area contributed by atoms with E-state index in [-0.39, 0.29) is 6.42 Å². The second-order valence-electron chi connectivity index (χ2n) is 5.13. The van der Waals surface area contributed by atoms with Gasteiger partial charge in [0.05, 0.1) is 18.2 Å². The van der Waals surface area contributed by atoms with Crippen molar-refractivity contribution in [3.05, 3.63) is 54.2 Å². The number of aryl methyl sites for hydroxylation is 1. The van der Waals surface area contributed by atoms with Crippen LogP contribution in [0.2, 0.25) is 0 Å². The summed E-state index contributed by atoms with van der Waals surface area (Å²) in [6.45, 7) is 2.05. The number of carbonyl (C=O) groups is 1. The first-order valence-electron chi connectivity index (χ1n) is 7.29. The number of hydrogen-bond acceptors (Lipinski definition) is 5. The van der Waals surface area contributed by atoms with Gasteiger partial charge in [-0.2, -0.15) is 0 Å². The van der Waals surface area contributed by atoms with E-state index in [0.717, 1.165) is 12.0 Å². The summed E-state index contributed by atoms with van der Waals surface area (Å²) in [6.07, 6.45) is 6.00. The summed E-state index contributed by atoms with van der Waals surface area (Å²) in [5.74, 6) is -0.410. The Morgan fingerprint density at radius 3 is 2.83 bits per heavy atom. The second-order valence-corrected chi connectivity index (χ2v) is 5.13. The zero-order chi connectivity index (χ0) is 16.2. The summed E-state index contributed by atoms with van der Waals surface area (Å²) in [6, 6.07) is 6.41. The van der Waals surface area contributed by atoms with E-state index in [0.29, 0.717) is 17.1 Å². The number of aromatic nitrogens is 4. The van der Waals surface area contributed by atoms with E-state index in [1.165, 1.54) is 10.9 Å². The first kappa shape index (κ1) is 15.0. The molecule has 1 atom stereocenters. The van der Waals surface area contributed by atoms with Gasteiger partial charge < -0.3 is 9.52 Å². The summed E-state index contributed by atoms with van der Waals surface area (Å²) in [7, 11) is 0. The lowest BCUT2D eigenvalue weighted by molar-refractivity contribution is -0.141. The lowest BCUT2D eigenvalue weighted by Crippen LogP contribution is -2.21. The van der Waals surface area contributed by atoms with Crippen LogP contribution in [0.15, 0.2) is 47.3 Å². The largest absolute Gasteiger partial charge is 0.480 e. The Bertz CT molecular complexity index is 778. The number of furan rings is 1. The lowest BCUT2D eigenvalue weighted by Gasteiger charge is -2.10. The van der Waals surface area contributed by atoms with E-state index < -0.39 is 12.0 Å². The van der Waals surface area contributed by atoms with Crippen molar-refractivity contribution in [2.24, 2.45) is 0 Å². The quantitative estimate of drug-likeness (QED) is 0.751. The fourth-order valence-electron chi connectivity index (χ4n) is 2.24. The monoisotopic (exact) mass is 312 g/mol. The maximum Gasteiger partial charge on any atom is 0.329 e. The Morgan fingerprint density at radius 2 is 2.22 bits per heavy atom. The molecule has 0 amide bonds. The summed E-state index contributed by atoms with van der Waals surface area (Å²) in [5.41, 5.74) is 2.33. The minimum Gasteiger partial charge on any atom is -0.480 e. The van der Waals surface area contributed by atoms with Gasteiger partial charge in [-0.1, -0.05) is 18.2 Å². The average molecular weight is 312 g/mol. The van der Waals surface area contributed by atoms with Gasteiger partial charge in [-0.05, 0) is 30.2 Å². The molecule has 3 aromatic rings. The van der Waals surface area contributed by atoms with Gasteiger partial charge in [0.25, 0.3) is 0 Å². The van der Waals surface area contributed by atoms with Crippen LogP contribution in [0.5, 0.6) is 0 Å². The summed E-state index contributed by atoms with van der Waals surface area (Å²) >= 11 is 0. The molecule has 0 saturated carbocycles. The van der Waals surface area contributed by atoms with Crippen molar-refractivity contribution in [1.29, 1.82) is 0 Å². The smallest absolute Gasteiger partial charge is 0.329 e. The van der Waals surface area contributed by atoms with E-state index >= 15 is 0 Å². The van der Waals surface area contributed by atoms with Gasteiger partial charge in [-0.25, -0.2) is 9.48 Å². The number of carboxylic acid groups (broad SMARTS) is 1. The summed E-state index contributed by atoms with van der Waals surface area (Å²) < 4.78 is 6.54. The van der Waals surface area contributed by atoms with E-state index in [1.54, 1.807) is 24.5 Å². The molecule has 0 radical (unpaired) electrons. The topological polar surface area (TPSA) is 94.0 Å². The minimum atomic E-state index is -0.993. The molecule has 1 N–H and O–H groups in total. The van der Waals surface area contributed by atoms with E-state index in [1.807, 2.05) is 12.1 Å². The SMILES string of the molecule is CCc1ccc(-c2cn(C(Cc3ccco3)C(=O)O)nn2)nc1. The molecule has 0 aromatic carbocycles. The van der Waals surface area contributed by atoms with Crippen molar-refractivity contribution in [2.75, 3.05) is 0 Å². The molecule has 0 spiro atoms. The van der Waals surface area contributed by atoms with Gasteiger partial charge >= 0.3 is 5.97 Å². The summed E-state index contributed by atoms with van der Waals surface area (Å²) in [5, 5.41) is 17.4. The molecule has 0 saturated heterocycles. The van der Waals surface area contributed by atoms with Crippen LogP contribution in [0.3, 0.4) is 0 Å². The molecule has 7 nitrogen and oxygen atoms in total. The van der Waals surface area contributed by atoms with Crippen molar-refractivity contribution in [1.82, 2.24) is 20.0 Å². The standard InChI is InChI=1S/C16H16N4O3/c1-2-11-5-6-13(17-9-11)14-10-20(19-18-14)15(16(21)22)8-12-4-3-7-23-12/h3-7,9-10,15H,2,8H2,1H3,(H,21,22). The van der Waals surface area contributed by atoms with E-state index in [2.05, 4.69) is 22.2 Å². The maximum absolute atomic E-state index is 11.5. The van der Waals surface area contributed by atoms with Crippen molar-refractivity contribution in [3.8, 4) is 11.4 Å². The third kappa shape index (κ3) is 3.28. The zero-order valence-electron chi connectivity index (χ0n) is 12.6. The predicted octanol–water partition coefficient (Wildman–Crippen LogP) is 2.36. The molecule has 3 aromatic heterocycles. The predicted molar refractivity (Wildman–Crippen MR) is 81.7 cm³/mol. The zero-order valence-corrected chi connectivity index (χ0v) is 12.6. The third-order valence-electron chi connectivity index (χ3n) is 3.58. The highest BCUT2D eigenvalue weighted by molar-refractivity contribution is 5.72. The van der Waals surface area contributed by atoms with Crippen LogP contribution in [0.4, 0.5) is 0 Å². The molecule has 7 heteroatoms. The molecule has 0 aliphatic carbocycles. The highest BCUT2D eigenvalue weighted by Gasteiger charge is 2.23. The Morgan fingerprint density at radius 1 is 1.35 bits per heavy atom. The van der Waals surface area contributed by atoms with Crippen LogP contribution in [-0.4, -0.2) is 31.1 Å².